The highest BCUT2D eigenvalue weighted by Gasteiger charge is 2.16. The molecule has 0 N–H and O–H groups in total. The first-order valence-corrected chi connectivity index (χ1v) is 6.37. The van der Waals surface area contributed by atoms with Gasteiger partial charge in [0, 0.05) is 28.7 Å². The number of hydrogen-bond acceptors (Lipinski definition) is 2. The second kappa shape index (κ2) is 5.10. The number of methoxy groups -OCH3 is 1. The fraction of sp³-hybridized carbons (Fsp3) is 0.250. The normalized spacial score (nSPS) is 12.6. The van der Waals surface area contributed by atoms with Gasteiger partial charge in [0.1, 0.15) is 4.83 Å². The number of carbonyl (C=O) groups excluding carboxylic acids is 1. The Morgan fingerprint density at radius 1 is 1.53 bits per heavy atom. The van der Waals surface area contributed by atoms with Crippen molar-refractivity contribution in [2.24, 2.45) is 0 Å². The van der Waals surface area contributed by atoms with E-state index in [9.17, 15) is 4.79 Å². The number of aromatic nitrogens is 1. The predicted octanol–water partition coefficient (Wildman–Crippen LogP) is 3.23. The van der Waals surface area contributed by atoms with Gasteiger partial charge in [-0.2, -0.15) is 0 Å². The highest BCUT2D eigenvalue weighted by Crippen LogP contribution is 2.21. The average molecular weight is 317 g/mol. The van der Waals surface area contributed by atoms with Gasteiger partial charge in [-0.25, -0.2) is 0 Å². The first kappa shape index (κ1) is 12.5. The number of fused-ring (bicyclic) bond motifs is 1. The molecule has 2 rings (SSSR count). The number of benzene rings is 1. The molecule has 0 bridgehead atoms. The molecule has 0 aliphatic rings. The van der Waals surface area contributed by atoms with Crippen molar-refractivity contribution in [1.82, 2.24) is 4.57 Å². The monoisotopic (exact) mass is 315 g/mol. The summed E-state index contributed by atoms with van der Waals surface area (Å²) < 4.78 is 6.66. The summed E-state index contributed by atoms with van der Waals surface area (Å²) in [7, 11) is 1.38. The first-order chi connectivity index (χ1) is 8.11. The molecule has 0 saturated heterocycles. The van der Waals surface area contributed by atoms with E-state index in [1.165, 1.54) is 7.11 Å². The number of nitrogens with zero attached hydrogens (tertiary/aromatic N) is 1. The van der Waals surface area contributed by atoms with Gasteiger partial charge in [0.25, 0.3) is 0 Å². The summed E-state index contributed by atoms with van der Waals surface area (Å²) in [4.78, 5) is 11.0. The van der Waals surface area contributed by atoms with Crippen molar-refractivity contribution in [3.63, 3.8) is 0 Å². The lowest BCUT2D eigenvalue weighted by atomic mass is 10.2. The zero-order chi connectivity index (χ0) is 12.4. The zero-order valence-electron chi connectivity index (χ0n) is 9.19. The molecule has 0 aliphatic carbocycles. The maximum Gasteiger partial charge on any atom is 0.321 e. The fourth-order valence-electron chi connectivity index (χ4n) is 1.71. The van der Waals surface area contributed by atoms with Gasteiger partial charge in [-0.3, -0.25) is 4.79 Å². The lowest BCUT2D eigenvalue weighted by Crippen LogP contribution is -2.21. The molecule has 0 aliphatic heterocycles. The number of ether oxygens (including phenoxy) is 1. The lowest BCUT2D eigenvalue weighted by Gasteiger charge is -2.10. The number of halogens is 2. The highest BCUT2D eigenvalue weighted by atomic mass is 79.9. The Morgan fingerprint density at radius 3 is 3.00 bits per heavy atom. The Kier molecular flexibility index (Phi) is 3.74. The largest absolute Gasteiger partial charge is 0.468 e. The first-order valence-electron chi connectivity index (χ1n) is 5.08. The van der Waals surface area contributed by atoms with E-state index >= 15 is 0 Å². The Labute approximate surface area is 112 Å². The molecular formula is C12H11BrClNO2. The molecule has 5 heteroatoms. The van der Waals surface area contributed by atoms with Gasteiger partial charge in [-0.1, -0.05) is 27.5 Å². The van der Waals surface area contributed by atoms with Crippen LogP contribution in [0, 0.1) is 0 Å². The van der Waals surface area contributed by atoms with Crippen LogP contribution in [0.4, 0.5) is 0 Å². The van der Waals surface area contributed by atoms with Crippen LogP contribution in [0.3, 0.4) is 0 Å². The molecule has 0 spiro atoms. The third-order valence-corrected chi connectivity index (χ3v) is 3.45. The molecule has 1 heterocycles. The second-order valence-electron chi connectivity index (χ2n) is 3.66. The third kappa shape index (κ3) is 2.64. The van der Waals surface area contributed by atoms with Gasteiger partial charge in [-0.05, 0) is 24.3 Å². The third-order valence-electron chi connectivity index (χ3n) is 2.55. The molecule has 0 amide bonds. The van der Waals surface area contributed by atoms with Crippen LogP contribution in [0.25, 0.3) is 10.9 Å². The molecule has 0 radical (unpaired) electrons. The van der Waals surface area contributed by atoms with Crippen LogP contribution in [0.2, 0.25) is 5.02 Å². The minimum absolute atomic E-state index is 0.277. The van der Waals surface area contributed by atoms with Crippen LogP contribution in [0.1, 0.15) is 0 Å². The van der Waals surface area contributed by atoms with Gasteiger partial charge in [0.15, 0.2) is 0 Å². The van der Waals surface area contributed by atoms with Crippen LogP contribution < -0.4 is 0 Å². The molecule has 3 nitrogen and oxygen atoms in total. The Hall–Kier alpha value is -1.00. The quantitative estimate of drug-likeness (QED) is 0.643. The molecule has 17 heavy (non-hydrogen) atoms. The smallest absolute Gasteiger partial charge is 0.321 e. The van der Waals surface area contributed by atoms with Gasteiger partial charge >= 0.3 is 5.97 Å². The fourth-order valence-corrected chi connectivity index (χ4v) is 2.38. The van der Waals surface area contributed by atoms with E-state index in [0.717, 1.165) is 10.9 Å². The molecular weight excluding hydrogens is 305 g/mol. The predicted molar refractivity (Wildman–Crippen MR) is 71.7 cm³/mol. The molecule has 0 fully saturated rings. The zero-order valence-corrected chi connectivity index (χ0v) is 11.5. The van der Waals surface area contributed by atoms with E-state index in [0.29, 0.717) is 11.6 Å². The molecule has 1 aromatic carbocycles. The summed E-state index contributed by atoms with van der Waals surface area (Å²) in [5.74, 6) is -0.277. The summed E-state index contributed by atoms with van der Waals surface area (Å²) in [5, 5.41) is 1.76. The molecule has 1 atom stereocenters. The maximum atomic E-state index is 11.3. The van der Waals surface area contributed by atoms with Gasteiger partial charge < -0.3 is 9.30 Å². The van der Waals surface area contributed by atoms with E-state index in [2.05, 4.69) is 20.7 Å². The molecule has 1 unspecified atom stereocenters. The lowest BCUT2D eigenvalue weighted by molar-refractivity contribution is -0.140. The van der Waals surface area contributed by atoms with Crippen LogP contribution in [0.15, 0.2) is 30.5 Å². The van der Waals surface area contributed by atoms with Crippen LogP contribution >= 0.6 is 27.5 Å². The highest BCUT2D eigenvalue weighted by molar-refractivity contribution is 9.10. The van der Waals surface area contributed by atoms with Crippen LogP contribution in [0.5, 0.6) is 0 Å². The minimum Gasteiger partial charge on any atom is -0.468 e. The van der Waals surface area contributed by atoms with Crippen molar-refractivity contribution in [2.45, 2.75) is 11.4 Å². The number of carbonyl (C=O) groups is 1. The standard InChI is InChI=1S/C12H11BrClNO2/c1-17-12(16)10(13)7-15-5-4-8-6-9(14)2-3-11(8)15/h2-6,10H,7H2,1H3. The maximum absolute atomic E-state index is 11.3. The Bertz CT molecular complexity index is 552. The summed E-state index contributed by atoms with van der Waals surface area (Å²) in [6, 6.07) is 7.64. The number of alkyl halides is 1. The minimum atomic E-state index is -0.348. The summed E-state index contributed by atoms with van der Waals surface area (Å²) >= 11 is 9.22. The van der Waals surface area contributed by atoms with E-state index in [1.807, 2.05) is 35.0 Å². The Balaban J connectivity index is 2.28. The number of hydrogen-bond donors (Lipinski definition) is 0. The number of rotatable bonds is 3. The van der Waals surface area contributed by atoms with Gasteiger partial charge in [-0.15, -0.1) is 0 Å². The van der Waals surface area contributed by atoms with E-state index in [-0.39, 0.29) is 10.8 Å². The topological polar surface area (TPSA) is 31.2 Å². The Morgan fingerprint density at radius 2 is 2.29 bits per heavy atom. The van der Waals surface area contributed by atoms with Crippen LogP contribution in [-0.2, 0) is 16.1 Å². The summed E-state index contributed by atoms with van der Waals surface area (Å²) in [6.45, 7) is 0.526. The van der Waals surface area contributed by atoms with Crippen molar-refractivity contribution in [3.8, 4) is 0 Å². The summed E-state index contributed by atoms with van der Waals surface area (Å²) in [6.07, 6.45) is 1.93. The van der Waals surface area contributed by atoms with Crippen molar-refractivity contribution in [1.29, 1.82) is 0 Å². The van der Waals surface area contributed by atoms with Crippen molar-refractivity contribution < 1.29 is 9.53 Å². The van der Waals surface area contributed by atoms with Gasteiger partial charge in [0.2, 0.25) is 0 Å². The molecule has 0 saturated carbocycles. The molecule has 2 aromatic rings. The van der Waals surface area contributed by atoms with E-state index in [4.69, 9.17) is 11.6 Å². The van der Waals surface area contributed by atoms with Crippen molar-refractivity contribution in [3.05, 3.63) is 35.5 Å². The van der Waals surface area contributed by atoms with E-state index < -0.39 is 0 Å². The van der Waals surface area contributed by atoms with Gasteiger partial charge in [0.05, 0.1) is 7.11 Å². The van der Waals surface area contributed by atoms with E-state index in [1.54, 1.807) is 0 Å². The SMILES string of the molecule is COC(=O)C(Br)Cn1ccc2cc(Cl)ccc21. The molecule has 1 aromatic heterocycles. The van der Waals surface area contributed by atoms with Crippen molar-refractivity contribution in [2.75, 3.05) is 7.11 Å². The van der Waals surface area contributed by atoms with Crippen LogP contribution in [-0.4, -0.2) is 22.5 Å². The summed E-state index contributed by atoms with van der Waals surface area (Å²) in [5.41, 5.74) is 1.04. The van der Waals surface area contributed by atoms with Crippen molar-refractivity contribution >= 4 is 44.4 Å². The molecule has 90 valence electrons. The second-order valence-corrected chi connectivity index (χ2v) is 5.20. The average Bonchev–Trinajstić information content (AvgIpc) is 2.70. The number of esters is 1.